The summed E-state index contributed by atoms with van der Waals surface area (Å²) in [6, 6.07) is 0. The fourth-order valence-corrected chi connectivity index (χ4v) is 1.93. The lowest BCUT2D eigenvalue weighted by Gasteiger charge is -2.05. The van der Waals surface area contributed by atoms with Crippen LogP contribution in [0, 0.1) is 5.92 Å². The highest BCUT2D eigenvalue weighted by atomic mass is 16.5. The maximum atomic E-state index is 5.47. The summed E-state index contributed by atoms with van der Waals surface area (Å²) in [5.41, 5.74) is 5.39. The molecule has 2 heteroatoms. The first-order valence-corrected chi connectivity index (χ1v) is 7.55. The third-order valence-corrected chi connectivity index (χ3v) is 3.06. The molecule has 0 aromatic heterocycles. The van der Waals surface area contributed by atoms with Crippen molar-refractivity contribution in [3.63, 3.8) is 0 Å². The molecule has 0 atom stereocenters. The monoisotopic (exact) mass is 243 g/mol. The largest absolute Gasteiger partial charge is 0.381 e. The zero-order valence-corrected chi connectivity index (χ0v) is 12.0. The first-order chi connectivity index (χ1) is 8.27. The molecule has 0 aromatic carbocycles. The molecule has 0 fully saturated rings. The van der Waals surface area contributed by atoms with Crippen molar-refractivity contribution in [1.29, 1.82) is 0 Å². The molecule has 0 heterocycles. The smallest absolute Gasteiger partial charge is 0.0478 e. The minimum absolute atomic E-state index is 0.746. The Kier molecular flexibility index (Phi) is 13.9. The molecule has 0 aliphatic heterocycles. The molecule has 0 aliphatic carbocycles. The first-order valence-electron chi connectivity index (χ1n) is 7.55. The van der Waals surface area contributed by atoms with Gasteiger partial charge in [0.25, 0.3) is 0 Å². The number of hydrogen-bond acceptors (Lipinski definition) is 2. The Hall–Kier alpha value is -0.0800. The summed E-state index contributed by atoms with van der Waals surface area (Å²) in [5, 5.41) is 0. The van der Waals surface area contributed by atoms with Crippen molar-refractivity contribution in [3.8, 4) is 0 Å². The summed E-state index contributed by atoms with van der Waals surface area (Å²) < 4.78 is 5.47. The van der Waals surface area contributed by atoms with Gasteiger partial charge >= 0.3 is 0 Å². The Morgan fingerprint density at radius 1 is 0.765 bits per heavy atom. The summed E-state index contributed by atoms with van der Waals surface area (Å²) in [7, 11) is 0. The van der Waals surface area contributed by atoms with Crippen molar-refractivity contribution in [2.24, 2.45) is 11.7 Å². The second-order valence-electron chi connectivity index (χ2n) is 5.41. The third kappa shape index (κ3) is 15.9. The van der Waals surface area contributed by atoms with E-state index in [1.165, 1.54) is 51.4 Å². The van der Waals surface area contributed by atoms with Crippen LogP contribution in [-0.4, -0.2) is 19.8 Å². The highest BCUT2D eigenvalue weighted by molar-refractivity contribution is 4.49. The van der Waals surface area contributed by atoms with E-state index in [1.54, 1.807) is 0 Å². The Morgan fingerprint density at radius 3 is 1.88 bits per heavy atom. The van der Waals surface area contributed by atoms with Gasteiger partial charge in [0.2, 0.25) is 0 Å². The van der Waals surface area contributed by atoms with Gasteiger partial charge in [0.1, 0.15) is 0 Å². The summed E-state index contributed by atoms with van der Waals surface area (Å²) in [4.78, 5) is 0. The molecule has 17 heavy (non-hydrogen) atoms. The third-order valence-electron chi connectivity index (χ3n) is 3.06. The number of rotatable bonds is 13. The molecule has 2 nitrogen and oxygen atoms in total. The second-order valence-corrected chi connectivity index (χ2v) is 5.41. The maximum absolute atomic E-state index is 5.47. The van der Waals surface area contributed by atoms with Crippen LogP contribution in [0.2, 0.25) is 0 Å². The summed E-state index contributed by atoms with van der Waals surface area (Å²) >= 11 is 0. The van der Waals surface area contributed by atoms with Crippen molar-refractivity contribution >= 4 is 0 Å². The van der Waals surface area contributed by atoms with Gasteiger partial charge in [-0.1, -0.05) is 58.8 Å². The predicted octanol–water partition coefficient (Wildman–Crippen LogP) is 4.13. The molecule has 0 aromatic rings. The molecule has 0 amide bonds. The normalized spacial score (nSPS) is 11.3. The van der Waals surface area contributed by atoms with E-state index < -0.39 is 0 Å². The van der Waals surface area contributed by atoms with Crippen LogP contribution in [0.1, 0.15) is 71.6 Å². The Morgan fingerprint density at radius 2 is 1.29 bits per heavy atom. The zero-order chi connectivity index (χ0) is 12.8. The van der Waals surface area contributed by atoms with Crippen LogP contribution < -0.4 is 5.73 Å². The Balaban J connectivity index is 2.89. The van der Waals surface area contributed by atoms with Crippen LogP contribution in [-0.2, 0) is 4.74 Å². The average Bonchev–Trinajstić information content (AvgIpc) is 2.30. The summed E-state index contributed by atoms with van der Waals surface area (Å²) in [6.45, 7) is 7.13. The van der Waals surface area contributed by atoms with Gasteiger partial charge in [-0.15, -0.1) is 0 Å². The summed E-state index contributed by atoms with van der Waals surface area (Å²) in [6.07, 6.45) is 12.0. The summed E-state index contributed by atoms with van der Waals surface area (Å²) in [5.74, 6) is 0.876. The van der Waals surface area contributed by atoms with E-state index in [1.807, 2.05) is 0 Å². The lowest BCUT2D eigenvalue weighted by Crippen LogP contribution is -2.04. The van der Waals surface area contributed by atoms with Crippen molar-refractivity contribution in [2.75, 3.05) is 19.8 Å². The fourth-order valence-electron chi connectivity index (χ4n) is 1.93. The number of nitrogens with two attached hydrogens (primary N) is 1. The van der Waals surface area contributed by atoms with E-state index in [4.69, 9.17) is 10.5 Å². The molecule has 0 saturated heterocycles. The van der Waals surface area contributed by atoms with Gasteiger partial charge in [-0.2, -0.15) is 0 Å². The van der Waals surface area contributed by atoms with Crippen molar-refractivity contribution in [3.05, 3.63) is 0 Å². The van der Waals surface area contributed by atoms with Crippen molar-refractivity contribution in [1.82, 2.24) is 0 Å². The van der Waals surface area contributed by atoms with Crippen LogP contribution in [0.3, 0.4) is 0 Å². The van der Waals surface area contributed by atoms with E-state index in [-0.39, 0.29) is 0 Å². The van der Waals surface area contributed by atoms with Gasteiger partial charge in [-0.3, -0.25) is 0 Å². The lowest BCUT2D eigenvalue weighted by atomic mass is 10.0. The van der Waals surface area contributed by atoms with Crippen molar-refractivity contribution < 1.29 is 4.74 Å². The second kappa shape index (κ2) is 14.0. The van der Waals surface area contributed by atoms with Crippen LogP contribution in [0.25, 0.3) is 0 Å². The van der Waals surface area contributed by atoms with Gasteiger partial charge in [-0.25, -0.2) is 0 Å². The minimum atomic E-state index is 0.746. The van der Waals surface area contributed by atoms with Gasteiger partial charge in [0, 0.05) is 13.2 Å². The Bertz CT molecular complexity index is 137. The first kappa shape index (κ1) is 16.9. The molecule has 0 aliphatic rings. The highest BCUT2D eigenvalue weighted by Crippen LogP contribution is 2.11. The maximum Gasteiger partial charge on any atom is 0.0478 e. The van der Waals surface area contributed by atoms with Crippen LogP contribution in [0.15, 0.2) is 0 Å². The average molecular weight is 243 g/mol. The number of ether oxygens (including phenoxy) is 1. The highest BCUT2D eigenvalue weighted by Gasteiger charge is 1.95. The van der Waals surface area contributed by atoms with Crippen LogP contribution in [0.4, 0.5) is 0 Å². The van der Waals surface area contributed by atoms with E-state index >= 15 is 0 Å². The van der Waals surface area contributed by atoms with E-state index in [2.05, 4.69) is 13.8 Å². The molecular formula is C15H33NO. The predicted molar refractivity (Wildman–Crippen MR) is 76.3 cm³/mol. The number of unbranched alkanes of at least 4 members (excludes halogenated alkanes) is 6. The molecule has 0 saturated carbocycles. The molecule has 104 valence electrons. The number of hydrogen-bond donors (Lipinski definition) is 1. The van der Waals surface area contributed by atoms with Crippen LogP contribution in [0.5, 0.6) is 0 Å². The lowest BCUT2D eigenvalue weighted by molar-refractivity contribution is 0.129. The van der Waals surface area contributed by atoms with E-state index in [9.17, 15) is 0 Å². The van der Waals surface area contributed by atoms with E-state index in [0.717, 1.165) is 32.1 Å². The van der Waals surface area contributed by atoms with Crippen LogP contribution >= 0.6 is 0 Å². The standard InChI is InChI=1S/C15H33NO/c1-15(2)11-8-6-4-3-5-7-9-13-17-14-10-12-16/h15H,3-14,16H2,1-2H3. The van der Waals surface area contributed by atoms with Gasteiger partial charge in [-0.05, 0) is 25.3 Å². The molecule has 0 rings (SSSR count). The van der Waals surface area contributed by atoms with Gasteiger partial charge < -0.3 is 10.5 Å². The fraction of sp³-hybridized carbons (Fsp3) is 1.00. The quantitative estimate of drug-likeness (QED) is 0.494. The molecule has 0 unspecified atom stereocenters. The molecular weight excluding hydrogens is 210 g/mol. The van der Waals surface area contributed by atoms with Gasteiger partial charge in [0.15, 0.2) is 0 Å². The molecule has 2 N–H and O–H groups in total. The SMILES string of the molecule is CC(C)CCCCCCCCCOCCCN. The Labute approximate surface area is 108 Å². The minimum Gasteiger partial charge on any atom is -0.381 e. The topological polar surface area (TPSA) is 35.2 Å². The molecule has 0 spiro atoms. The zero-order valence-electron chi connectivity index (χ0n) is 12.0. The van der Waals surface area contributed by atoms with Crippen molar-refractivity contribution in [2.45, 2.75) is 71.6 Å². The van der Waals surface area contributed by atoms with E-state index in [0.29, 0.717) is 0 Å². The molecule has 0 bridgehead atoms. The van der Waals surface area contributed by atoms with Gasteiger partial charge in [0.05, 0.1) is 0 Å². The molecule has 0 radical (unpaired) electrons.